The molecule has 16 heavy (non-hydrogen) atoms. The average Bonchev–Trinajstić information content (AvgIpc) is 2.60. The Morgan fingerprint density at radius 2 is 2.12 bits per heavy atom. The van der Waals surface area contributed by atoms with Crippen molar-refractivity contribution in [3.05, 3.63) is 41.9 Å². The lowest BCUT2D eigenvalue weighted by Gasteiger charge is -2.05. The maximum absolute atomic E-state index is 13.5. The second kappa shape index (κ2) is 3.84. The van der Waals surface area contributed by atoms with Crippen LogP contribution in [0.25, 0.3) is 11.3 Å². The lowest BCUT2D eigenvalue weighted by Crippen LogP contribution is -1.96. The zero-order chi connectivity index (χ0) is 11.7. The molecular formula is C11H8F2N2O. The van der Waals surface area contributed by atoms with Crippen molar-refractivity contribution in [1.82, 2.24) is 9.55 Å². The summed E-state index contributed by atoms with van der Waals surface area (Å²) in [7, 11) is 1.64. The van der Waals surface area contributed by atoms with Gasteiger partial charge in [0, 0.05) is 18.7 Å². The van der Waals surface area contributed by atoms with E-state index in [9.17, 15) is 13.6 Å². The van der Waals surface area contributed by atoms with Gasteiger partial charge in [-0.2, -0.15) is 0 Å². The van der Waals surface area contributed by atoms with Crippen molar-refractivity contribution in [2.24, 2.45) is 7.05 Å². The Morgan fingerprint density at radius 1 is 1.38 bits per heavy atom. The first-order chi connectivity index (χ1) is 7.63. The lowest BCUT2D eigenvalue weighted by atomic mass is 10.1. The maximum atomic E-state index is 13.5. The molecule has 82 valence electrons. The molecule has 0 saturated heterocycles. The molecular weight excluding hydrogens is 214 g/mol. The van der Waals surface area contributed by atoms with E-state index in [4.69, 9.17) is 0 Å². The van der Waals surface area contributed by atoms with E-state index >= 15 is 0 Å². The first kappa shape index (κ1) is 10.5. The molecule has 0 unspecified atom stereocenters. The van der Waals surface area contributed by atoms with Gasteiger partial charge in [0.2, 0.25) is 0 Å². The molecule has 0 radical (unpaired) electrons. The number of aromatic nitrogens is 2. The maximum Gasteiger partial charge on any atom is 0.170 e. The highest BCUT2D eigenvalue weighted by molar-refractivity contribution is 5.83. The summed E-state index contributed by atoms with van der Waals surface area (Å²) in [5.41, 5.74) is 0.629. The summed E-state index contributed by atoms with van der Waals surface area (Å²) in [5.74, 6) is -1.37. The lowest BCUT2D eigenvalue weighted by molar-refractivity contribution is 0.112. The second-order valence-electron chi connectivity index (χ2n) is 3.33. The molecule has 3 nitrogen and oxygen atoms in total. The average molecular weight is 222 g/mol. The number of benzene rings is 1. The van der Waals surface area contributed by atoms with Crippen LogP contribution in [0.5, 0.6) is 0 Å². The Morgan fingerprint density at radius 3 is 2.75 bits per heavy atom. The van der Waals surface area contributed by atoms with Gasteiger partial charge in [-0.3, -0.25) is 4.79 Å². The number of rotatable bonds is 2. The summed E-state index contributed by atoms with van der Waals surface area (Å²) in [4.78, 5) is 14.5. The van der Waals surface area contributed by atoms with Gasteiger partial charge >= 0.3 is 0 Å². The fourth-order valence-corrected chi connectivity index (χ4v) is 1.54. The van der Waals surface area contributed by atoms with Crippen molar-refractivity contribution in [2.75, 3.05) is 0 Å². The van der Waals surface area contributed by atoms with Gasteiger partial charge in [0.05, 0.1) is 12.0 Å². The monoisotopic (exact) mass is 222 g/mol. The van der Waals surface area contributed by atoms with E-state index in [0.717, 1.165) is 12.1 Å². The summed E-state index contributed by atoms with van der Waals surface area (Å²) in [6.07, 6.45) is 1.94. The van der Waals surface area contributed by atoms with Gasteiger partial charge in [-0.25, -0.2) is 13.8 Å². The Labute approximate surface area is 90.3 Å². The minimum Gasteiger partial charge on any atom is -0.333 e. The first-order valence-corrected chi connectivity index (χ1v) is 4.55. The fourth-order valence-electron chi connectivity index (χ4n) is 1.54. The molecule has 0 bridgehead atoms. The molecule has 1 heterocycles. The van der Waals surface area contributed by atoms with E-state index in [1.54, 1.807) is 7.05 Å². The van der Waals surface area contributed by atoms with Crippen molar-refractivity contribution in [3.8, 4) is 11.3 Å². The minimum atomic E-state index is -0.716. The summed E-state index contributed by atoms with van der Waals surface area (Å²) in [6, 6.07) is 3.20. The molecule has 0 aliphatic carbocycles. The molecule has 5 heteroatoms. The summed E-state index contributed by atoms with van der Waals surface area (Å²) in [5, 5.41) is 0. The van der Waals surface area contributed by atoms with Crippen LogP contribution < -0.4 is 0 Å². The molecule has 1 aromatic carbocycles. The standard InChI is InChI=1S/C11H8F2N2O/c1-15-6-14-10(5-16)11(15)8-3-2-7(12)4-9(8)13/h2-6H,1H3. The van der Waals surface area contributed by atoms with Gasteiger partial charge < -0.3 is 4.57 Å². The number of halogens is 2. The van der Waals surface area contributed by atoms with Crippen LogP contribution >= 0.6 is 0 Å². The third-order valence-electron chi connectivity index (χ3n) is 2.26. The third kappa shape index (κ3) is 1.60. The third-order valence-corrected chi connectivity index (χ3v) is 2.26. The predicted molar refractivity (Wildman–Crippen MR) is 53.9 cm³/mol. The molecule has 0 atom stereocenters. The van der Waals surface area contributed by atoms with Gasteiger partial charge in [-0.15, -0.1) is 0 Å². The van der Waals surface area contributed by atoms with E-state index in [1.165, 1.54) is 17.0 Å². The van der Waals surface area contributed by atoms with E-state index < -0.39 is 11.6 Å². The summed E-state index contributed by atoms with van der Waals surface area (Å²) < 4.78 is 27.8. The molecule has 0 fully saturated rings. The Balaban J connectivity index is 2.66. The van der Waals surface area contributed by atoms with Gasteiger partial charge in [0.15, 0.2) is 6.29 Å². The molecule has 0 saturated carbocycles. The number of aryl methyl sites for hydroxylation is 1. The Bertz CT molecular complexity index is 549. The van der Waals surface area contributed by atoms with Crippen LogP contribution in [-0.2, 0) is 7.05 Å². The van der Waals surface area contributed by atoms with Gasteiger partial charge in [0.1, 0.15) is 17.3 Å². The number of imidazole rings is 1. The molecule has 0 spiro atoms. The van der Waals surface area contributed by atoms with E-state index in [0.29, 0.717) is 12.0 Å². The van der Waals surface area contributed by atoms with Crippen molar-refractivity contribution in [1.29, 1.82) is 0 Å². The first-order valence-electron chi connectivity index (χ1n) is 4.55. The topological polar surface area (TPSA) is 34.9 Å². The van der Waals surface area contributed by atoms with E-state index in [1.807, 2.05) is 0 Å². The molecule has 0 aliphatic rings. The molecule has 0 amide bonds. The number of carbonyl (C=O) groups excluding carboxylic acids is 1. The van der Waals surface area contributed by atoms with Crippen molar-refractivity contribution in [3.63, 3.8) is 0 Å². The second-order valence-corrected chi connectivity index (χ2v) is 3.33. The fraction of sp³-hybridized carbons (Fsp3) is 0.0909. The zero-order valence-corrected chi connectivity index (χ0v) is 8.45. The van der Waals surface area contributed by atoms with Crippen LogP contribution in [-0.4, -0.2) is 15.8 Å². The van der Waals surface area contributed by atoms with Gasteiger partial charge in [-0.1, -0.05) is 0 Å². The minimum absolute atomic E-state index is 0.132. The zero-order valence-electron chi connectivity index (χ0n) is 8.45. The number of hydrogen-bond acceptors (Lipinski definition) is 2. The smallest absolute Gasteiger partial charge is 0.170 e. The highest BCUT2D eigenvalue weighted by atomic mass is 19.1. The SMILES string of the molecule is Cn1cnc(C=O)c1-c1ccc(F)cc1F. The van der Waals surface area contributed by atoms with E-state index in [2.05, 4.69) is 4.98 Å². The number of aldehydes is 1. The molecule has 0 N–H and O–H groups in total. The van der Waals surface area contributed by atoms with Crippen LogP contribution in [0, 0.1) is 11.6 Å². The normalized spacial score (nSPS) is 10.4. The molecule has 1 aromatic heterocycles. The number of nitrogens with zero attached hydrogens (tertiary/aromatic N) is 2. The Kier molecular flexibility index (Phi) is 2.52. The van der Waals surface area contributed by atoms with Crippen LogP contribution in [0.1, 0.15) is 10.5 Å². The summed E-state index contributed by atoms with van der Waals surface area (Å²) >= 11 is 0. The summed E-state index contributed by atoms with van der Waals surface area (Å²) in [6.45, 7) is 0. The van der Waals surface area contributed by atoms with Crippen molar-refractivity contribution in [2.45, 2.75) is 0 Å². The molecule has 2 rings (SSSR count). The van der Waals surface area contributed by atoms with Crippen LogP contribution in [0.15, 0.2) is 24.5 Å². The largest absolute Gasteiger partial charge is 0.333 e. The predicted octanol–water partition coefficient (Wildman–Crippen LogP) is 2.18. The number of hydrogen-bond donors (Lipinski definition) is 0. The number of carbonyl (C=O) groups is 1. The van der Waals surface area contributed by atoms with Gasteiger partial charge in [0.25, 0.3) is 0 Å². The van der Waals surface area contributed by atoms with Crippen LogP contribution in [0.4, 0.5) is 8.78 Å². The highest BCUT2D eigenvalue weighted by Gasteiger charge is 2.14. The highest BCUT2D eigenvalue weighted by Crippen LogP contribution is 2.25. The van der Waals surface area contributed by atoms with Gasteiger partial charge in [-0.05, 0) is 12.1 Å². The molecule has 0 aliphatic heterocycles. The van der Waals surface area contributed by atoms with Crippen molar-refractivity contribution < 1.29 is 13.6 Å². The van der Waals surface area contributed by atoms with Crippen LogP contribution in [0.2, 0.25) is 0 Å². The van der Waals surface area contributed by atoms with E-state index in [-0.39, 0.29) is 11.3 Å². The van der Waals surface area contributed by atoms with Crippen molar-refractivity contribution >= 4 is 6.29 Å². The molecule has 2 aromatic rings. The Hall–Kier alpha value is -2.04. The van der Waals surface area contributed by atoms with Crippen LogP contribution in [0.3, 0.4) is 0 Å². The quantitative estimate of drug-likeness (QED) is 0.730.